The summed E-state index contributed by atoms with van der Waals surface area (Å²) in [6.45, 7) is 12.4. The normalized spacial score (nSPS) is 12.5. The Morgan fingerprint density at radius 3 is 1.41 bits per heavy atom. The molecule has 0 radical (unpaired) electrons. The zero-order valence-corrected chi connectivity index (χ0v) is 53.8. The fraction of sp³-hybridized carbons (Fsp3) is 0.187. The van der Waals surface area contributed by atoms with Gasteiger partial charge in [0.05, 0.1) is 34.6 Å². The van der Waals surface area contributed by atoms with Gasteiger partial charge in [0.2, 0.25) is 0 Å². The minimum absolute atomic E-state index is 0.162. The molecule has 8 N–H and O–H groups in total. The SMILES string of the molecule is CCOC(=O)Cc1cc2c(Nc3ccccc3)nc(-c3ccccc3)nc2[nH]1.Cc1cc2c(NC3CC3)nc(-c3ccccc3C)nc2[nH]1.Cc1cc2c(Nc3cccc(Cl)c3)nc(-c3ccccc3)nc2[nH]1.Cc1cccc(-c2nc(NC3CC3)c3cc(C)[nH]c3n2)c1. The lowest BCUT2D eigenvalue weighted by Crippen LogP contribution is -2.07. The number of nitrogens with zero attached hydrogens (tertiary/aromatic N) is 8. The fourth-order valence-electron chi connectivity index (χ4n) is 10.9. The van der Waals surface area contributed by atoms with Crippen molar-refractivity contribution < 1.29 is 9.53 Å². The summed E-state index contributed by atoms with van der Waals surface area (Å²) in [4.78, 5) is 62.8. The Labute approximate surface area is 549 Å². The number of H-pyrrole nitrogens is 4. The van der Waals surface area contributed by atoms with Crippen LogP contribution in [0.1, 0.15) is 66.5 Å². The van der Waals surface area contributed by atoms with Crippen LogP contribution in [0.15, 0.2) is 188 Å². The third-order valence-corrected chi connectivity index (χ3v) is 16.0. The summed E-state index contributed by atoms with van der Waals surface area (Å²) >= 11 is 6.08. The topological polar surface area (TPSA) is 241 Å². The van der Waals surface area contributed by atoms with Crippen molar-refractivity contribution in [1.29, 1.82) is 0 Å². The van der Waals surface area contributed by atoms with E-state index in [1.807, 2.05) is 153 Å². The molecule has 2 saturated carbocycles. The van der Waals surface area contributed by atoms with Crippen molar-refractivity contribution in [1.82, 2.24) is 59.8 Å². The molecule has 14 aromatic rings. The Bertz CT molecular complexity index is 4980. The molecule has 0 saturated heterocycles. The number of hydrogen-bond acceptors (Lipinski definition) is 14. The summed E-state index contributed by atoms with van der Waals surface area (Å²) in [6, 6.07) is 63.0. The van der Waals surface area contributed by atoms with E-state index >= 15 is 0 Å². The first kappa shape index (κ1) is 61.6. The number of esters is 1. The highest BCUT2D eigenvalue weighted by molar-refractivity contribution is 6.30. The number of ether oxygens (including phenoxy) is 1. The molecule has 8 heterocycles. The van der Waals surface area contributed by atoms with Crippen molar-refractivity contribution in [2.24, 2.45) is 0 Å². The van der Waals surface area contributed by atoms with E-state index in [0.29, 0.717) is 46.8 Å². The number of halogens is 1. The van der Waals surface area contributed by atoms with Crippen LogP contribution in [0.2, 0.25) is 5.02 Å². The van der Waals surface area contributed by atoms with Gasteiger partial charge < -0.3 is 45.9 Å². The van der Waals surface area contributed by atoms with Crippen LogP contribution in [0.25, 0.3) is 89.7 Å². The van der Waals surface area contributed by atoms with E-state index in [4.69, 9.17) is 41.3 Å². The number of nitrogens with one attached hydrogen (secondary N) is 8. The van der Waals surface area contributed by atoms with Gasteiger partial charge in [0.1, 0.15) is 45.9 Å². The Morgan fingerprint density at radius 2 is 0.883 bits per heavy atom. The van der Waals surface area contributed by atoms with Gasteiger partial charge in [-0.1, -0.05) is 145 Å². The van der Waals surface area contributed by atoms with Crippen molar-refractivity contribution in [3.8, 4) is 45.6 Å². The first-order valence-electron chi connectivity index (χ1n) is 31.6. The molecule has 0 spiro atoms. The number of benzene rings is 6. The highest BCUT2D eigenvalue weighted by Crippen LogP contribution is 2.35. The summed E-state index contributed by atoms with van der Waals surface area (Å²) < 4.78 is 5.05. The van der Waals surface area contributed by atoms with Crippen LogP contribution in [-0.4, -0.2) is 84.5 Å². The third-order valence-electron chi connectivity index (χ3n) is 15.7. The quantitative estimate of drug-likeness (QED) is 0.0446. The number of fused-ring (bicyclic) bond motifs is 4. The molecule has 0 aliphatic heterocycles. The van der Waals surface area contributed by atoms with Gasteiger partial charge in [0.25, 0.3) is 0 Å². The second-order valence-corrected chi connectivity index (χ2v) is 24.1. The van der Waals surface area contributed by atoms with Gasteiger partial charge in [-0.05, 0) is 133 Å². The molecule has 470 valence electrons. The molecule has 8 aromatic heterocycles. The van der Waals surface area contributed by atoms with Crippen LogP contribution in [0, 0.1) is 34.6 Å². The number of carbonyl (C=O) groups is 1. The van der Waals surface area contributed by atoms with Gasteiger partial charge in [0, 0.05) is 73.5 Å². The molecule has 18 nitrogen and oxygen atoms in total. The lowest BCUT2D eigenvalue weighted by Gasteiger charge is -2.09. The molecule has 0 atom stereocenters. The summed E-state index contributed by atoms with van der Waals surface area (Å²) in [6.07, 6.45) is 5.09. The number of aromatic amines is 4. The number of hydrogen-bond donors (Lipinski definition) is 8. The molecule has 16 rings (SSSR count). The van der Waals surface area contributed by atoms with Gasteiger partial charge in [-0.2, -0.15) is 0 Å². The number of rotatable bonds is 15. The average Bonchev–Trinajstić information content (AvgIpc) is 1.78. The third kappa shape index (κ3) is 15.1. The lowest BCUT2D eigenvalue weighted by atomic mass is 10.1. The Balaban J connectivity index is 0.000000115. The van der Waals surface area contributed by atoms with Crippen molar-refractivity contribution in [2.45, 2.75) is 85.7 Å². The highest BCUT2D eigenvalue weighted by atomic mass is 35.5. The van der Waals surface area contributed by atoms with Crippen LogP contribution in [0.4, 0.5) is 34.6 Å². The molecule has 19 heteroatoms. The molecular weight excluding hydrogens is 1190 g/mol. The van der Waals surface area contributed by atoms with E-state index in [-0.39, 0.29) is 12.4 Å². The second-order valence-electron chi connectivity index (χ2n) is 23.6. The molecule has 6 aromatic carbocycles. The molecule has 0 bridgehead atoms. The Kier molecular flexibility index (Phi) is 18.2. The van der Waals surface area contributed by atoms with E-state index in [1.54, 1.807) is 6.92 Å². The maximum atomic E-state index is 11.9. The predicted octanol–water partition coefficient (Wildman–Crippen LogP) is 17.4. The molecule has 2 aliphatic rings. The largest absolute Gasteiger partial charge is 0.466 e. The first-order valence-corrected chi connectivity index (χ1v) is 32.0. The average molecular weight is 1260 g/mol. The van der Waals surface area contributed by atoms with E-state index in [1.165, 1.54) is 36.8 Å². The minimum Gasteiger partial charge on any atom is -0.466 e. The summed E-state index contributed by atoms with van der Waals surface area (Å²) in [5, 5.41) is 18.4. The van der Waals surface area contributed by atoms with Crippen molar-refractivity contribution >= 4 is 96.4 Å². The van der Waals surface area contributed by atoms with Crippen molar-refractivity contribution in [2.75, 3.05) is 27.9 Å². The van der Waals surface area contributed by atoms with Crippen LogP contribution >= 0.6 is 11.6 Å². The Morgan fingerprint density at radius 1 is 0.447 bits per heavy atom. The summed E-state index contributed by atoms with van der Waals surface area (Å²) in [7, 11) is 0. The molecule has 94 heavy (non-hydrogen) atoms. The standard InChI is InChI=1S/C22H20N4O2.C19H15ClN4.2C17H18N4/c1-2-28-19(27)14-17-13-18-21(23-16-11-7-4-8-12-16)25-20(26-22(18)24-17)15-9-5-3-6-10-15;1-12-10-16-18(21-12)23-17(13-6-3-2-4-7-13)24-19(16)22-15-9-5-8-14(20)11-15;1-10-4-3-5-12(8-10)15-20-16-14(9-11(2)18-16)17(21-15)19-13-6-7-13;1-10-5-3-4-6-13(10)15-20-16-14(9-11(2)18-16)17(21-15)19-12-7-8-12/h3-13H,2,14H2,1H3,(H2,23,24,25,26);2-11H,1H3,(H2,21,22,23,24);3-5,8-9,13H,6-7H2,1-2H3,(H2,18,19,20,21);3-6,9,12H,7-8H2,1-2H3,(H2,18,19,20,21). The number of carbonyl (C=O) groups excluding carboxylic acids is 1. The lowest BCUT2D eigenvalue weighted by molar-refractivity contribution is -0.142. The Hall–Kier alpha value is -11.2. The monoisotopic (exact) mass is 1260 g/mol. The van der Waals surface area contributed by atoms with Gasteiger partial charge in [0.15, 0.2) is 23.3 Å². The van der Waals surface area contributed by atoms with E-state index in [9.17, 15) is 4.79 Å². The minimum atomic E-state index is -0.275. The zero-order valence-electron chi connectivity index (χ0n) is 53.1. The first-order chi connectivity index (χ1) is 45.8. The smallest absolute Gasteiger partial charge is 0.311 e. The van der Waals surface area contributed by atoms with Crippen molar-refractivity contribution in [3.05, 3.63) is 227 Å². The van der Waals surface area contributed by atoms with Crippen LogP contribution in [-0.2, 0) is 16.0 Å². The highest BCUT2D eigenvalue weighted by Gasteiger charge is 2.25. The molecule has 0 unspecified atom stereocenters. The van der Waals surface area contributed by atoms with E-state index < -0.39 is 0 Å². The fourth-order valence-corrected chi connectivity index (χ4v) is 11.0. The van der Waals surface area contributed by atoms with Crippen LogP contribution < -0.4 is 21.3 Å². The van der Waals surface area contributed by atoms with Gasteiger partial charge in [-0.3, -0.25) is 4.79 Å². The van der Waals surface area contributed by atoms with Gasteiger partial charge in [-0.25, -0.2) is 39.9 Å². The maximum absolute atomic E-state index is 11.9. The number of anilines is 6. The van der Waals surface area contributed by atoms with Crippen LogP contribution in [0.5, 0.6) is 0 Å². The molecule has 2 aliphatic carbocycles. The van der Waals surface area contributed by atoms with Crippen LogP contribution in [0.3, 0.4) is 0 Å². The van der Waals surface area contributed by atoms with Crippen molar-refractivity contribution in [3.63, 3.8) is 0 Å². The molecular formula is C75H71ClN16O2. The number of para-hydroxylation sites is 1. The van der Waals surface area contributed by atoms with E-state index in [2.05, 4.69) is 126 Å². The zero-order chi connectivity index (χ0) is 64.7. The molecule has 0 amide bonds. The number of aromatic nitrogens is 12. The number of aryl methyl sites for hydroxylation is 5. The molecule has 2 fully saturated rings. The maximum Gasteiger partial charge on any atom is 0.311 e. The predicted molar refractivity (Wildman–Crippen MR) is 379 cm³/mol. The second kappa shape index (κ2) is 27.7. The van der Waals surface area contributed by atoms with Gasteiger partial charge >= 0.3 is 5.97 Å². The summed E-state index contributed by atoms with van der Waals surface area (Å²) in [5.74, 6) is 5.90. The summed E-state index contributed by atoms with van der Waals surface area (Å²) in [5.41, 5.74) is 15.6. The van der Waals surface area contributed by atoms with Gasteiger partial charge in [-0.15, -0.1) is 0 Å². The van der Waals surface area contributed by atoms with E-state index in [0.717, 1.165) is 124 Å².